The van der Waals surface area contributed by atoms with Crippen LogP contribution in [0.25, 0.3) is 0 Å². The molecule has 0 aliphatic carbocycles. The van der Waals surface area contributed by atoms with Crippen molar-refractivity contribution < 1.29 is 4.74 Å². The smallest absolute Gasteiger partial charge is 0.137 e. The van der Waals surface area contributed by atoms with Crippen LogP contribution in [-0.4, -0.2) is 36.6 Å². The van der Waals surface area contributed by atoms with Crippen molar-refractivity contribution in [2.45, 2.75) is 25.7 Å². The van der Waals surface area contributed by atoms with Crippen molar-refractivity contribution in [3.8, 4) is 5.75 Å². The summed E-state index contributed by atoms with van der Waals surface area (Å²) in [5.74, 6) is 0.836. The molecule has 2 rings (SSSR count). The van der Waals surface area contributed by atoms with Crippen molar-refractivity contribution in [1.82, 2.24) is 9.88 Å². The van der Waals surface area contributed by atoms with E-state index in [9.17, 15) is 0 Å². The molecule has 2 heterocycles. The number of ether oxygens (including phenoxy) is 1. The highest BCUT2D eigenvalue weighted by atomic mass is 16.5. The normalized spacial score (nSPS) is 16.6. The third-order valence-corrected chi connectivity index (χ3v) is 3.14. The van der Waals surface area contributed by atoms with E-state index in [2.05, 4.69) is 16.0 Å². The van der Waals surface area contributed by atoms with Gasteiger partial charge in [-0.15, -0.1) is 0 Å². The fourth-order valence-corrected chi connectivity index (χ4v) is 2.17. The van der Waals surface area contributed by atoms with Crippen molar-refractivity contribution in [2.24, 2.45) is 0 Å². The first kappa shape index (κ1) is 11.4. The molecule has 0 spiro atoms. The molecule has 0 aromatic carbocycles. The van der Waals surface area contributed by atoms with E-state index in [1.807, 2.05) is 6.07 Å². The van der Waals surface area contributed by atoms with Gasteiger partial charge in [-0.2, -0.15) is 0 Å². The van der Waals surface area contributed by atoms with Gasteiger partial charge in [-0.3, -0.25) is 4.98 Å². The summed E-state index contributed by atoms with van der Waals surface area (Å²) < 4.78 is 5.08. The Balaban J connectivity index is 1.71. The maximum Gasteiger partial charge on any atom is 0.137 e. The molecule has 1 aliphatic heterocycles. The molecule has 0 unspecified atom stereocenters. The summed E-state index contributed by atoms with van der Waals surface area (Å²) in [6.45, 7) is 3.79. The second-order valence-corrected chi connectivity index (χ2v) is 4.34. The van der Waals surface area contributed by atoms with Gasteiger partial charge in [-0.1, -0.05) is 0 Å². The molecular weight excluding hydrogens is 200 g/mol. The number of methoxy groups -OCH3 is 1. The monoisotopic (exact) mass is 220 g/mol. The van der Waals surface area contributed by atoms with E-state index in [1.54, 1.807) is 13.3 Å². The van der Waals surface area contributed by atoms with Crippen molar-refractivity contribution in [2.75, 3.05) is 26.7 Å². The van der Waals surface area contributed by atoms with Crippen LogP contribution in [0.15, 0.2) is 18.3 Å². The van der Waals surface area contributed by atoms with Crippen LogP contribution in [0.5, 0.6) is 5.75 Å². The van der Waals surface area contributed by atoms with Crippen LogP contribution in [0, 0.1) is 0 Å². The number of likely N-dealkylation sites (tertiary alicyclic amines) is 1. The molecule has 0 N–H and O–H groups in total. The lowest BCUT2D eigenvalue weighted by Gasteiger charge is -2.13. The van der Waals surface area contributed by atoms with Crippen LogP contribution in [-0.2, 0) is 6.42 Å². The summed E-state index contributed by atoms with van der Waals surface area (Å²) in [7, 11) is 1.67. The molecule has 1 aromatic heterocycles. The lowest BCUT2D eigenvalue weighted by Crippen LogP contribution is -2.20. The molecule has 0 bridgehead atoms. The molecule has 1 aliphatic rings. The molecule has 1 saturated heterocycles. The van der Waals surface area contributed by atoms with E-state index in [4.69, 9.17) is 4.74 Å². The van der Waals surface area contributed by atoms with Gasteiger partial charge in [-0.25, -0.2) is 0 Å². The Morgan fingerprint density at radius 2 is 2.12 bits per heavy atom. The van der Waals surface area contributed by atoms with Gasteiger partial charge in [0.25, 0.3) is 0 Å². The summed E-state index contributed by atoms with van der Waals surface area (Å²) in [5, 5.41) is 0. The molecule has 0 radical (unpaired) electrons. The highest BCUT2D eigenvalue weighted by Crippen LogP contribution is 2.11. The fourth-order valence-electron chi connectivity index (χ4n) is 2.17. The molecule has 16 heavy (non-hydrogen) atoms. The van der Waals surface area contributed by atoms with Crippen molar-refractivity contribution in [1.29, 1.82) is 0 Å². The minimum Gasteiger partial charge on any atom is -0.495 e. The van der Waals surface area contributed by atoms with E-state index in [-0.39, 0.29) is 0 Å². The number of nitrogens with zero attached hydrogens (tertiary/aromatic N) is 2. The Labute approximate surface area is 97.4 Å². The van der Waals surface area contributed by atoms with Gasteiger partial charge in [0.05, 0.1) is 13.3 Å². The van der Waals surface area contributed by atoms with Gasteiger partial charge in [0.1, 0.15) is 5.75 Å². The summed E-state index contributed by atoms with van der Waals surface area (Å²) in [6, 6.07) is 4.04. The molecule has 1 fully saturated rings. The Morgan fingerprint density at radius 1 is 1.31 bits per heavy atom. The number of hydrogen-bond donors (Lipinski definition) is 0. The largest absolute Gasteiger partial charge is 0.495 e. The maximum atomic E-state index is 5.08. The van der Waals surface area contributed by atoms with Crippen LogP contribution in [0.4, 0.5) is 0 Å². The average Bonchev–Trinajstić information content (AvgIpc) is 2.83. The molecule has 1 aromatic rings. The lowest BCUT2D eigenvalue weighted by molar-refractivity contribution is 0.333. The van der Waals surface area contributed by atoms with Crippen molar-refractivity contribution in [3.63, 3.8) is 0 Å². The molecule has 3 heteroatoms. The highest BCUT2D eigenvalue weighted by Gasteiger charge is 2.10. The number of rotatable bonds is 5. The van der Waals surface area contributed by atoms with Gasteiger partial charge in [0.2, 0.25) is 0 Å². The van der Waals surface area contributed by atoms with Gasteiger partial charge in [0.15, 0.2) is 0 Å². The van der Waals surface area contributed by atoms with Gasteiger partial charge < -0.3 is 9.64 Å². The topological polar surface area (TPSA) is 25.4 Å². The number of hydrogen-bond acceptors (Lipinski definition) is 3. The van der Waals surface area contributed by atoms with Crippen LogP contribution in [0.1, 0.15) is 25.0 Å². The fraction of sp³-hybridized carbons (Fsp3) is 0.615. The quantitative estimate of drug-likeness (QED) is 0.760. The van der Waals surface area contributed by atoms with Crippen LogP contribution in [0.3, 0.4) is 0 Å². The zero-order valence-corrected chi connectivity index (χ0v) is 9.98. The third-order valence-electron chi connectivity index (χ3n) is 3.14. The predicted molar refractivity (Wildman–Crippen MR) is 64.8 cm³/mol. The molecular formula is C13H20N2O. The van der Waals surface area contributed by atoms with E-state index < -0.39 is 0 Å². The Hall–Kier alpha value is -1.09. The lowest BCUT2D eigenvalue weighted by atomic mass is 10.2. The first-order chi connectivity index (χ1) is 7.88. The average molecular weight is 220 g/mol. The standard InChI is InChI=1S/C13H20N2O/c1-16-13-7-6-12(14-11-13)5-4-10-15-8-2-3-9-15/h6-7,11H,2-5,8-10H2,1H3. The molecule has 0 saturated carbocycles. The third kappa shape index (κ3) is 3.20. The Morgan fingerprint density at radius 3 is 2.75 bits per heavy atom. The van der Waals surface area contributed by atoms with E-state index in [1.165, 1.54) is 44.6 Å². The van der Waals surface area contributed by atoms with E-state index in [0.29, 0.717) is 0 Å². The number of aryl methyl sites for hydroxylation is 1. The minimum atomic E-state index is 0.836. The Kier molecular flexibility index (Phi) is 4.17. The second-order valence-electron chi connectivity index (χ2n) is 4.34. The predicted octanol–water partition coefficient (Wildman–Crippen LogP) is 2.12. The number of pyridine rings is 1. The van der Waals surface area contributed by atoms with Gasteiger partial charge in [-0.05, 0) is 57.5 Å². The summed E-state index contributed by atoms with van der Waals surface area (Å²) in [6.07, 6.45) is 6.83. The SMILES string of the molecule is COc1ccc(CCCN2CCCC2)nc1. The molecule has 0 atom stereocenters. The van der Waals surface area contributed by atoms with Crippen LogP contribution >= 0.6 is 0 Å². The van der Waals surface area contributed by atoms with Crippen LogP contribution < -0.4 is 4.74 Å². The second kappa shape index (κ2) is 5.85. The first-order valence-corrected chi connectivity index (χ1v) is 6.10. The van der Waals surface area contributed by atoms with Crippen molar-refractivity contribution >= 4 is 0 Å². The summed E-state index contributed by atoms with van der Waals surface area (Å²) >= 11 is 0. The minimum absolute atomic E-state index is 0.836. The van der Waals surface area contributed by atoms with Crippen LogP contribution in [0.2, 0.25) is 0 Å². The molecule has 0 amide bonds. The zero-order chi connectivity index (χ0) is 11.2. The zero-order valence-electron chi connectivity index (χ0n) is 9.98. The summed E-state index contributed by atoms with van der Waals surface area (Å²) in [4.78, 5) is 6.92. The molecule has 88 valence electrons. The Bertz CT molecular complexity index is 304. The number of aromatic nitrogens is 1. The first-order valence-electron chi connectivity index (χ1n) is 6.10. The van der Waals surface area contributed by atoms with E-state index in [0.717, 1.165) is 12.2 Å². The molecule has 3 nitrogen and oxygen atoms in total. The highest BCUT2D eigenvalue weighted by molar-refractivity contribution is 5.19. The maximum absolute atomic E-state index is 5.08. The van der Waals surface area contributed by atoms with E-state index >= 15 is 0 Å². The van der Waals surface area contributed by atoms with Crippen molar-refractivity contribution in [3.05, 3.63) is 24.0 Å². The summed E-state index contributed by atoms with van der Waals surface area (Å²) in [5.41, 5.74) is 1.17. The van der Waals surface area contributed by atoms with Gasteiger partial charge >= 0.3 is 0 Å². The van der Waals surface area contributed by atoms with Gasteiger partial charge in [0, 0.05) is 5.69 Å².